The van der Waals surface area contributed by atoms with Crippen LogP contribution in [-0.2, 0) is 6.42 Å². The van der Waals surface area contributed by atoms with Crippen LogP contribution >= 0.6 is 11.6 Å². The Kier molecular flexibility index (Phi) is 4.62. The number of benzene rings is 2. The first-order valence-electron chi connectivity index (χ1n) is 6.62. The molecule has 0 spiro atoms. The molecule has 0 saturated carbocycles. The van der Waals surface area contributed by atoms with Gasteiger partial charge in [0.1, 0.15) is 0 Å². The molecule has 0 amide bonds. The molecular formula is C17H20ClN. The molecule has 1 unspecified atom stereocenters. The van der Waals surface area contributed by atoms with Crippen LogP contribution in [0.5, 0.6) is 0 Å². The molecule has 0 bridgehead atoms. The normalized spacial score (nSPS) is 12.4. The van der Waals surface area contributed by atoms with Crippen LogP contribution in [0.4, 0.5) is 0 Å². The van der Waals surface area contributed by atoms with Gasteiger partial charge >= 0.3 is 0 Å². The summed E-state index contributed by atoms with van der Waals surface area (Å²) in [7, 11) is 0. The van der Waals surface area contributed by atoms with Gasteiger partial charge in [0.25, 0.3) is 0 Å². The van der Waals surface area contributed by atoms with Crippen LogP contribution in [0.1, 0.15) is 28.2 Å². The van der Waals surface area contributed by atoms with Gasteiger partial charge in [0.2, 0.25) is 0 Å². The molecule has 100 valence electrons. The van der Waals surface area contributed by atoms with E-state index in [9.17, 15) is 0 Å². The highest BCUT2D eigenvalue weighted by Gasteiger charge is 2.14. The number of halogens is 1. The van der Waals surface area contributed by atoms with Gasteiger partial charge in [-0.25, -0.2) is 0 Å². The Bertz CT molecular complexity index is 563. The molecule has 19 heavy (non-hydrogen) atoms. The van der Waals surface area contributed by atoms with E-state index in [1.165, 1.54) is 22.3 Å². The summed E-state index contributed by atoms with van der Waals surface area (Å²) in [4.78, 5) is 0. The van der Waals surface area contributed by atoms with E-state index in [2.05, 4.69) is 38.1 Å². The molecule has 1 nitrogen and oxygen atoms in total. The maximum Gasteiger partial charge on any atom is 0.0438 e. The molecule has 0 radical (unpaired) electrons. The Morgan fingerprint density at radius 2 is 1.84 bits per heavy atom. The Morgan fingerprint density at radius 3 is 2.47 bits per heavy atom. The number of hydrogen-bond acceptors (Lipinski definition) is 1. The summed E-state index contributed by atoms with van der Waals surface area (Å²) in [5.41, 5.74) is 11.1. The second kappa shape index (κ2) is 6.23. The smallest absolute Gasteiger partial charge is 0.0438 e. The topological polar surface area (TPSA) is 26.0 Å². The highest BCUT2D eigenvalue weighted by Crippen LogP contribution is 2.27. The molecule has 0 aliphatic heterocycles. The number of hydrogen-bond donors (Lipinski definition) is 1. The van der Waals surface area contributed by atoms with Crippen molar-refractivity contribution >= 4 is 11.6 Å². The van der Waals surface area contributed by atoms with E-state index < -0.39 is 0 Å². The van der Waals surface area contributed by atoms with Crippen LogP contribution in [0.3, 0.4) is 0 Å². The van der Waals surface area contributed by atoms with Crippen molar-refractivity contribution in [1.29, 1.82) is 0 Å². The number of rotatable bonds is 4. The van der Waals surface area contributed by atoms with Gasteiger partial charge in [-0.2, -0.15) is 0 Å². The van der Waals surface area contributed by atoms with E-state index in [1.54, 1.807) is 0 Å². The lowest BCUT2D eigenvalue weighted by Gasteiger charge is -2.19. The minimum absolute atomic E-state index is 0.320. The fraction of sp³-hybridized carbons (Fsp3) is 0.294. The SMILES string of the molecule is Cc1ccc(C(CN)Cc2ccccc2Cl)c(C)c1. The molecule has 2 aromatic rings. The standard InChI is InChI=1S/C17H20ClN/c1-12-7-8-16(13(2)9-12)15(11-19)10-14-5-3-4-6-17(14)18/h3-9,15H,10-11,19H2,1-2H3. The molecule has 0 aromatic heterocycles. The predicted octanol–water partition coefficient (Wildman–Crippen LogP) is 4.24. The summed E-state index contributed by atoms with van der Waals surface area (Å²) in [5.74, 6) is 0.320. The van der Waals surface area contributed by atoms with Crippen LogP contribution in [0.25, 0.3) is 0 Å². The third-order valence-electron chi connectivity index (χ3n) is 3.57. The Morgan fingerprint density at radius 1 is 1.11 bits per heavy atom. The molecule has 0 heterocycles. The third-order valence-corrected chi connectivity index (χ3v) is 3.94. The van der Waals surface area contributed by atoms with Gasteiger partial charge in [0.05, 0.1) is 0 Å². The van der Waals surface area contributed by atoms with Crippen molar-refractivity contribution in [2.75, 3.05) is 6.54 Å². The molecule has 0 aliphatic carbocycles. The number of nitrogens with two attached hydrogens (primary N) is 1. The molecular weight excluding hydrogens is 254 g/mol. The minimum atomic E-state index is 0.320. The second-order valence-corrected chi connectivity index (χ2v) is 5.50. The Labute approximate surface area is 120 Å². The lowest BCUT2D eigenvalue weighted by Crippen LogP contribution is -2.16. The van der Waals surface area contributed by atoms with E-state index in [0.29, 0.717) is 12.5 Å². The van der Waals surface area contributed by atoms with Crippen molar-refractivity contribution in [3.8, 4) is 0 Å². The minimum Gasteiger partial charge on any atom is -0.330 e. The zero-order chi connectivity index (χ0) is 13.8. The second-order valence-electron chi connectivity index (χ2n) is 5.09. The van der Waals surface area contributed by atoms with Gasteiger partial charge in [0, 0.05) is 10.9 Å². The average Bonchev–Trinajstić information content (AvgIpc) is 2.39. The van der Waals surface area contributed by atoms with E-state index in [-0.39, 0.29) is 0 Å². The highest BCUT2D eigenvalue weighted by atomic mass is 35.5. The van der Waals surface area contributed by atoms with Crippen molar-refractivity contribution in [2.24, 2.45) is 5.73 Å². The fourth-order valence-corrected chi connectivity index (χ4v) is 2.75. The van der Waals surface area contributed by atoms with Crippen molar-refractivity contribution in [1.82, 2.24) is 0 Å². The van der Waals surface area contributed by atoms with Gasteiger partial charge < -0.3 is 5.73 Å². The van der Waals surface area contributed by atoms with E-state index in [4.69, 9.17) is 17.3 Å². The van der Waals surface area contributed by atoms with Gasteiger partial charge in [-0.15, -0.1) is 0 Å². The number of aryl methyl sites for hydroxylation is 2. The molecule has 2 N–H and O–H groups in total. The maximum absolute atomic E-state index is 6.24. The Balaban J connectivity index is 2.28. The molecule has 0 saturated heterocycles. The molecule has 0 fully saturated rings. The highest BCUT2D eigenvalue weighted by molar-refractivity contribution is 6.31. The molecule has 2 rings (SSSR count). The first kappa shape index (κ1) is 14.1. The molecule has 1 atom stereocenters. The van der Waals surface area contributed by atoms with Gasteiger partial charge in [-0.3, -0.25) is 0 Å². The molecule has 2 heteroatoms. The van der Waals surface area contributed by atoms with Crippen molar-refractivity contribution < 1.29 is 0 Å². The summed E-state index contributed by atoms with van der Waals surface area (Å²) >= 11 is 6.24. The summed E-state index contributed by atoms with van der Waals surface area (Å²) in [6.45, 7) is 4.90. The van der Waals surface area contributed by atoms with E-state index in [1.807, 2.05) is 18.2 Å². The van der Waals surface area contributed by atoms with Crippen molar-refractivity contribution in [2.45, 2.75) is 26.2 Å². The van der Waals surface area contributed by atoms with E-state index >= 15 is 0 Å². The van der Waals surface area contributed by atoms with Crippen LogP contribution in [0.15, 0.2) is 42.5 Å². The van der Waals surface area contributed by atoms with Gasteiger partial charge in [-0.05, 0) is 49.6 Å². The van der Waals surface area contributed by atoms with Gasteiger partial charge in [-0.1, -0.05) is 53.6 Å². The van der Waals surface area contributed by atoms with Crippen molar-refractivity contribution in [3.63, 3.8) is 0 Å². The summed E-state index contributed by atoms with van der Waals surface area (Å²) in [6, 6.07) is 14.6. The maximum atomic E-state index is 6.24. The monoisotopic (exact) mass is 273 g/mol. The zero-order valence-corrected chi connectivity index (χ0v) is 12.2. The quantitative estimate of drug-likeness (QED) is 0.886. The first-order chi connectivity index (χ1) is 9.11. The Hall–Kier alpha value is -1.31. The first-order valence-corrected chi connectivity index (χ1v) is 7.00. The van der Waals surface area contributed by atoms with Crippen LogP contribution < -0.4 is 5.73 Å². The summed E-state index contributed by atoms with van der Waals surface area (Å²) in [6.07, 6.45) is 0.889. The van der Waals surface area contributed by atoms with Crippen LogP contribution in [0, 0.1) is 13.8 Å². The zero-order valence-electron chi connectivity index (χ0n) is 11.5. The molecule has 2 aromatic carbocycles. The van der Waals surface area contributed by atoms with Gasteiger partial charge in [0.15, 0.2) is 0 Å². The lowest BCUT2D eigenvalue weighted by molar-refractivity contribution is 0.690. The lowest BCUT2D eigenvalue weighted by atomic mass is 9.88. The van der Waals surface area contributed by atoms with E-state index in [0.717, 1.165) is 11.4 Å². The third kappa shape index (κ3) is 3.37. The summed E-state index contributed by atoms with van der Waals surface area (Å²) in [5, 5.41) is 0.825. The molecule has 0 aliphatic rings. The fourth-order valence-electron chi connectivity index (χ4n) is 2.53. The van der Waals surface area contributed by atoms with Crippen LogP contribution in [0.2, 0.25) is 5.02 Å². The van der Waals surface area contributed by atoms with Crippen LogP contribution in [-0.4, -0.2) is 6.54 Å². The predicted molar refractivity (Wildman–Crippen MR) is 82.9 cm³/mol. The summed E-state index contributed by atoms with van der Waals surface area (Å²) < 4.78 is 0. The largest absolute Gasteiger partial charge is 0.330 e. The average molecular weight is 274 g/mol. The van der Waals surface area contributed by atoms with Crippen molar-refractivity contribution in [3.05, 3.63) is 69.7 Å².